The van der Waals surface area contributed by atoms with Gasteiger partial charge in [0, 0.05) is 12.7 Å². The van der Waals surface area contributed by atoms with Gasteiger partial charge in [0.1, 0.15) is 11.6 Å². The van der Waals surface area contributed by atoms with Crippen LogP contribution in [0.5, 0.6) is 0 Å². The molecule has 0 bridgehead atoms. The summed E-state index contributed by atoms with van der Waals surface area (Å²) in [4.78, 5) is 11.3. The number of halogens is 3. The lowest BCUT2D eigenvalue weighted by molar-refractivity contribution is 0.0998. The number of nitriles is 1. The Hall–Kier alpha value is -1.81. The van der Waals surface area contributed by atoms with E-state index in [1.165, 1.54) is 16.8 Å². The summed E-state index contributed by atoms with van der Waals surface area (Å²) in [6, 6.07) is 8.29. The van der Waals surface area contributed by atoms with Gasteiger partial charge in [0.2, 0.25) is 0 Å². The van der Waals surface area contributed by atoms with Gasteiger partial charge < -0.3 is 10.3 Å². The third kappa shape index (κ3) is 3.89. The normalized spacial score (nSPS) is 9.68. The molecule has 0 saturated carbocycles. The quantitative estimate of drug-likeness (QED) is 0.826. The Morgan fingerprint density at radius 2 is 2.05 bits per heavy atom. The number of rotatable bonds is 3. The smallest absolute Gasteiger partial charge is 0.252 e. The maximum absolute atomic E-state index is 11.3. The Morgan fingerprint density at radius 1 is 1.36 bits per heavy atom. The maximum Gasteiger partial charge on any atom is 0.252 e. The van der Waals surface area contributed by atoms with Gasteiger partial charge in [-0.25, -0.2) is 0 Å². The summed E-state index contributed by atoms with van der Waals surface area (Å²) in [5.74, 6) is -0.714. The van der Waals surface area contributed by atoms with Crippen molar-refractivity contribution in [3.8, 4) is 6.07 Å². The first-order valence-electron chi connectivity index (χ1n) is 5.85. The predicted molar refractivity (Wildman–Crippen MR) is 89.4 cm³/mol. The zero-order valence-corrected chi connectivity index (χ0v) is 14.4. The highest BCUT2D eigenvalue weighted by Gasteiger charge is 2.09. The van der Waals surface area contributed by atoms with E-state index in [4.69, 9.17) is 39.6 Å². The number of benzene rings is 1. The number of pyridine rings is 1. The zero-order chi connectivity index (χ0) is 15.6. The van der Waals surface area contributed by atoms with E-state index in [2.05, 4.69) is 0 Å². The fourth-order valence-electron chi connectivity index (χ4n) is 1.87. The van der Waals surface area contributed by atoms with Crippen LogP contribution in [0.1, 0.15) is 21.5 Å². The van der Waals surface area contributed by atoms with Gasteiger partial charge in [0.25, 0.3) is 5.91 Å². The average molecular weight is 402 g/mol. The second kappa shape index (κ2) is 7.45. The fourth-order valence-corrected chi connectivity index (χ4v) is 2.34. The third-order valence-electron chi connectivity index (χ3n) is 2.88. The van der Waals surface area contributed by atoms with Crippen LogP contribution in [-0.2, 0) is 6.54 Å². The van der Waals surface area contributed by atoms with Crippen LogP contribution < -0.4 is 11.2 Å². The summed E-state index contributed by atoms with van der Waals surface area (Å²) in [6.45, 7) is 0.283. The molecule has 0 saturated heterocycles. The molecule has 2 rings (SSSR count). The molecule has 0 radical (unpaired) electrons. The second-order valence-electron chi connectivity index (χ2n) is 4.34. The van der Waals surface area contributed by atoms with E-state index in [0.29, 0.717) is 15.6 Å². The average Bonchev–Trinajstić information content (AvgIpc) is 2.42. The van der Waals surface area contributed by atoms with E-state index >= 15 is 0 Å². The van der Waals surface area contributed by atoms with Gasteiger partial charge in [-0.2, -0.15) is 5.26 Å². The van der Waals surface area contributed by atoms with Crippen molar-refractivity contribution in [3.63, 3.8) is 0 Å². The van der Waals surface area contributed by atoms with Crippen molar-refractivity contribution < 1.29 is 4.79 Å². The van der Waals surface area contributed by atoms with Crippen molar-refractivity contribution in [2.45, 2.75) is 6.54 Å². The molecular formula is C14H11BrCl2N4O. The molecule has 1 amide bonds. The highest BCUT2D eigenvalue weighted by Crippen LogP contribution is 2.18. The number of aromatic nitrogens is 1. The number of hydrogen-bond acceptors (Lipinski definition) is 3. The van der Waals surface area contributed by atoms with Crippen LogP contribution in [0.3, 0.4) is 0 Å². The number of nitrogens with zero attached hydrogens (tertiary/aromatic N) is 2. The number of nitrogens with one attached hydrogen (secondary N) is 1. The summed E-state index contributed by atoms with van der Waals surface area (Å²) >= 11 is 11.9. The monoisotopic (exact) mass is 400 g/mol. The SMILES string of the molecule is Br.N#Cc1ccc(Cn2cc(Cl)cc(C(N)=O)c2=N)cc1Cl. The minimum Gasteiger partial charge on any atom is -0.365 e. The molecule has 0 aliphatic carbocycles. The van der Waals surface area contributed by atoms with Gasteiger partial charge in [-0.3, -0.25) is 10.2 Å². The zero-order valence-electron chi connectivity index (χ0n) is 11.1. The summed E-state index contributed by atoms with van der Waals surface area (Å²) in [6.07, 6.45) is 1.53. The molecule has 114 valence electrons. The third-order valence-corrected chi connectivity index (χ3v) is 3.40. The molecule has 3 N–H and O–H groups in total. The largest absolute Gasteiger partial charge is 0.365 e. The first kappa shape index (κ1) is 18.2. The maximum atomic E-state index is 11.3. The molecule has 0 unspecified atom stereocenters. The van der Waals surface area contributed by atoms with Crippen molar-refractivity contribution in [1.29, 1.82) is 10.7 Å². The highest BCUT2D eigenvalue weighted by molar-refractivity contribution is 8.93. The molecule has 0 fully saturated rings. The number of nitrogens with two attached hydrogens (primary N) is 1. The Labute approximate surface area is 147 Å². The minimum atomic E-state index is -0.714. The van der Waals surface area contributed by atoms with E-state index in [0.717, 1.165) is 5.56 Å². The minimum absolute atomic E-state index is 0. The van der Waals surface area contributed by atoms with Crippen molar-refractivity contribution in [2.24, 2.45) is 5.73 Å². The molecular weight excluding hydrogens is 391 g/mol. The van der Waals surface area contributed by atoms with Crippen LogP contribution in [0.2, 0.25) is 10.0 Å². The molecule has 0 spiro atoms. The molecule has 2 aromatic rings. The van der Waals surface area contributed by atoms with Crippen molar-refractivity contribution >= 4 is 46.1 Å². The van der Waals surface area contributed by atoms with Crippen molar-refractivity contribution in [2.75, 3.05) is 0 Å². The Balaban J connectivity index is 0.00000242. The molecule has 5 nitrogen and oxygen atoms in total. The summed E-state index contributed by atoms with van der Waals surface area (Å²) in [7, 11) is 0. The van der Waals surface area contributed by atoms with E-state index in [1.54, 1.807) is 18.2 Å². The van der Waals surface area contributed by atoms with Crippen LogP contribution in [0.4, 0.5) is 0 Å². The standard InChI is InChI=1S/C14H10Cl2N4O.BrH/c15-10-4-11(14(19)21)13(18)20(7-10)6-8-1-2-9(5-17)12(16)3-8;/h1-4,7,18H,6H2,(H2,19,21);1H. The molecule has 1 aromatic carbocycles. The molecule has 0 aliphatic heterocycles. The van der Waals surface area contributed by atoms with Crippen molar-refractivity contribution in [1.82, 2.24) is 4.57 Å². The molecule has 1 aromatic heterocycles. The molecule has 1 heterocycles. The first-order valence-corrected chi connectivity index (χ1v) is 6.61. The fraction of sp³-hybridized carbons (Fsp3) is 0.0714. The van der Waals surface area contributed by atoms with Crippen LogP contribution in [-0.4, -0.2) is 10.5 Å². The van der Waals surface area contributed by atoms with Gasteiger partial charge in [-0.1, -0.05) is 29.3 Å². The van der Waals surface area contributed by atoms with E-state index in [-0.39, 0.29) is 34.6 Å². The number of hydrogen-bond donors (Lipinski definition) is 2. The second-order valence-corrected chi connectivity index (χ2v) is 5.18. The molecule has 0 atom stereocenters. The summed E-state index contributed by atoms with van der Waals surface area (Å²) in [5, 5.41) is 17.4. The molecule has 0 aliphatic rings. The lowest BCUT2D eigenvalue weighted by Crippen LogP contribution is -2.29. The van der Waals surface area contributed by atoms with Gasteiger partial charge in [-0.05, 0) is 23.8 Å². The topological polar surface area (TPSA) is 95.7 Å². The number of primary amides is 1. The van der Waals surface area contributed by atoms with Crippen LogP contribution in [0, 0.1) is 16.7 Å². The van der Waals surface area contributed by atoms with Gasteiger partial charge >= 0.3 is 0 Å². The summed E-state index contributed by atoms with van der Waals surface area (Å²) in [5.41, 5.74) is 6.38. The molecule has 22 heavy (non-hydrogen) atoms. The van der Waals surface area contributed by atoms with E-state index in [9.17, 15) is 4.79 Å². The van der Waals surface area contributed by atoms with Crippen molar-refractivity contribution in [3.05, 3.63) is 62.7 Å². The van der Waals surface area contributed by atoms with E-state index < -0.39 is 5.91 Å². The van der Waals surface area contributed by atoms with Gasteiger partial charge in [-0.15, -0.1) is 17.0 Å². The number of carbonyl (C=O) groups is 1. The Kier molecular flexibility index (Phi) is 6.18. The summed E-state index contributed by atoms with van der Waals surface area (Å²) < 4.78 is 1.49. The van der Waals surface area contributed by atoms with Crippen LogP contribution >= 0.6 is 40.2 Å². The van der Waals surface area contributed by atoms with Crippen LogP contribution in [0.15, 0.2) is 30.5 Å². The number of carbonyl (C=O) groups excluding carboxylic acids is 1. The lowest BCUT2D eigenvalue weighted by atomic mass is 10.1. The van der Waals surface area contributed by atoms with Gasteiger partial charge in [0.15, 0.2) is 0 Å². The van der Waals surface area contributed by atoms with Gasteiger partial charge in [0.05, 0.1) is 21.2 Å². The van der Waals surface area contributed by atoms with E-state index in [1.807, 2.05) is 6.07 Å². The highest BCUT2D eigenvalue weighted by atomic mass is 79.9. The first-order chi connectivity index (χ1) is 9.92. The molecule has 8 heteroatoms. The lowest BCUT2D eigenvalue weighted by Gasteiger charge is -2.10. The Morgan fingerprint density at radius 3 is 2.59 bits per heavy atom. The van der Waals surface area contributed by atoms with Crippen LogP contribution in [0.25, 0.3) is 0 Å². The number of amides is 1. The predicted octanol–water partition coefficient (Wildman–Crippen LogP) is 2.87. The Bertz CT molecular complexity index is 827.